The third kappa shape index (κ3) is 7.01. The Hall–Kier alpha value is -1.59. The minimum Gasteiger partial charge on any atom is -0.356 e. The maximum absolute atomic E-state index is 12.0. The fourth-order valence-electron chi connectivity index (χ4n) is 2.22. The summed E-state index contributed by atoms with van der Waals surface area (Å²) in [6, 6.07) is 7.81. The average molecular weight is 340 g/mol. The van der Waals surface area contributed by atoms with Crippen molar-refractivity contribution in [3.05, 3.63) is 29.8 Å². The van der Waals surface area contributed by atoms with Gasteiger partial charge in [-0.1, -0.05) is 25.1 Å². The van der Waals surface area contributed by atoms with Crippen LogP contribution in [0.15, 0.2) is 24.3 Å². The molecule has 2 amide bonds. The van der Waals surface area contributed by atoms with Gasteiger partial charge in [-0.25, -0.2) is 0 Å². The van der Waals surface area contributed by atoms with E-state index in [4.69, 9.17) is 0 Å². The van der Waals surface area contributed by atoms with Crippen molar-refractivity contribution in [2.45, 2.75) is 39.2 Å². The van der Waals surface area contributed by atoms with Gasteiger partial charge in [0.25, 0.3) is 0 Å². The number of carbonyl (C=O) groups is 2. The molecule has 0 unspecified atom stereocenters. The topological polar surface area (TPSA) is 70.2 Å². The Morgan fingerprint density at radius 1 is 1.22 bits per heavy atom. The van der Waals surface area contributed by atoms with Crippen LogP contribution in [-0.4, -0.2) is 24.9 Å². The Morgan fingerprint density at radius 2 is 1.96 bits per heavy atom. The molecule has 128 valence electrons. The van der Waals surface area contributed by atoms with Crippen LogP contribution in [0.2, 0.25) is 0 Å². The Kier molecular flexibility index (Phi) is 8.66. The van der Waals surface area contributed by atoms with E-state index in [1.165, 1.54) is 0 Å². The van der Waals surface area contributed by atoms with Gasteiger partial charge in [0.1, 0.15) is 0 Å². The third-order valence-corrected chi connectivity index (χ3v) is 3.68. The molecule has 23 heavy (non-hydrogen) atoms. The summed E-state index contributed by atoms with van der Waals surface area (Å²) in [7, 11) is 0. The number of para-hydroxylation sites is 1. The van der Waals surface area contributed by atoms with Crippen LogP contribution in [0.4, 0.5) is 5.69 Å². The Balaban J connectivity index is 0.00000264. The second-order valence-corrected chi connectivity index (χ2v) is 5.65. The predicted molar refractivity (Wildman–Crippen MR) is 94.7 cm³/mol. The van der Waals surface area contributed by atoms with Gasteiger partial charge in [0.05, 0.1) is 0 Å². The summed E-state index contributed by atoms with van der Waals surface area (Å²) in [6.07, 6.45) is 3.10. The Morgan fingerprint density at radius 3 is 2.65 bits per heavy atom. The lowest BCUT2D eigenvalue weighted by molar-refractivity contribution is -0.122. The van der Waals surface area contributed by atoms with Gasteiger partial charge in [-0.2, -0.15) is 0 Å². The van der Waals surface area contributed by atoms with Crippen LogP contribution in [0, 0.1) is 5.92 Å². The fraction of sp³-hybridized carbons (Fsp3) is 0.529. The largest absolute Gasteiger partial charge is 0.356 e. The van der Waals surface area contributed by atoms with Gasteiger partial charge in [0.15, 0.2) is 0 Å². The van der Waals surface area contributed by atoms with Crippen LogP contribution in [0.3, 0.4) is 0 Å². The minimum atomic E-state index is -0.00961. The molecule has 1 aromatic rings. The number of carbonyl (C=O) groups excluding carboxylic acids is 2. The standard InChI is InChI=1S/C17H25N3O2.ClH/c1-2-18-12-14-6-3-4-7-15(14)20-16(21)8-5-11-19-17(22)13-9-10-13;/h3-4,6-7,13,18H,2,5,8-12H2,1H3,(H,19,22)(H,20,21);1H. The summed E-state index contributed by atoms with van der Waals surface area (Å²) in [5.74, 6) is 0.354. The number of hydrogen-bond donors (Lipinski definition) is 3. The van der Waals surface area contributed by atoms with Crippen LogP contribution in [-0.2, 0) is 16.1 Å². The molecule has 1 aromatic carbocycles. The van der Waals surface area contributed by atoms with Crippen LogP contribution >= 0.6 is 12.4 Å². The van der Waals surface area contributed by atoms with E-state index >= 15 is 0 Å². The van der Waals surface area contributed by atoms with Crippen molar-refractivity contribution < 1.29 is 9.59 Å². The monoisotopic (exact) mass is 339 g/mol. The Bertz CT molecular complexity index is 518. The van der Waals surface area contributed by atoms with E-state index in [-0.39, 0.29) is 30.1 Å². The van der Waals surface area contributed by atoms with Crippen LogP contribution in [0.5, 0.6) is 0 Å². The van der Waals surface area contributed by atoms with E-state index < -0.39 is 0 Å². The summed E-state index contributed by atoms with van der Waals surface area (Å²) < 4.78 is 0. The minimum absolute atomic E-state index is 0. The zero-order chi connectivity index (χ0) is 15.8. The van der Waals surface area contributed by atoms with Gasteiger partial charge in [-0.3, -0.25) is 9.59 Å². The lowest BCUT2D eigenvalue weighted by Gasteiger charge is -2.11. The second kappa shape index (κ2) is 10.2. The van der Waals surface area contributed by atoms with Crippen molar-refractivity contribution in [2.24, 2.45) is 5.92 Å². The van der Waals surface area contributed by atoms with Crippen molar-refractivity contribution in [3.8, 4) is 0 Å². The van der Waals surface area contributed by atoms with Gasteiger partial charge in [0, 0.05) is 31.1 Å². The molecular formula is C17H26ClN3O2. The molecule has 0 aliphatic heterocycles. The molecule has 1 fully saturated rings. The van der Waals surface area contributed by atoms with Crippen LogP contribution in [0.25, 0.3) is 0 Å². The maximum atomic E-state index is 12.0. The highest BCUT2D eigenvalue weighted by Gasteiger charge is 2.28. The number of amides is 2. The zero-order valence-electron chi connectivity index (χ0n) is 13.6. The van der Waals surface area contributed by atoms with Crippen molar-refractivity contribution in [1.82, 2.24) is 10.6 Å². The SMILES string of the molecule is CCNCc1ccccc1NC(=O)CCCNC(=O)C1CC1.Cl. The molecule has 0 radical (unpaired) electrons. The van der Waals surface area contributed by atoms with Gasteiger partial charge in [-0.15, -0.1) is 12.4 Å². The zero-order valence-corrected chi connectivity index (χ0v) is 14.4. The van der Waals surface area contributed by atoms with E-state index in [0.29, 0.717) is 19.4 Å². The number of benzene rings is 1. The van der Waals surface area contributed by atoms with Crippen LogP contribution < -0.4 is 16.0 Å². The summed E-state index contributed by atoms with van der Waals surface area (Å²) in [5, 5.41) is 9.09. The highest BCUT2D eigenvalue weighted by Crippen LogP contribution is 2.28. The smallest absolute Gasteiger partial charge is 0.224 e. The lowest BCUT2D eigenvalue weighted by Crippen LogP contribution is -2.26. The summed E-state index contributed by atoms with van der Waals surface area (Å²) in [5.41, 5.74) is 1.94. The molecule has 3 N–H and O–H groups in total. The van der Waals surface area contributed by atoms with E-state index in [9.17, 15) is 9.59 Å². The van der Waals surface area contributed by atoms with Crippen LogP contribution in [0.1, 0.15) is 38.2 Å². The summed E-state index contributed by atoms with van der Waals surface area (Å²) in [6.45, 7) is 4.26. The molecule has 0 heterocycles. The van der Waals surface area contributed by atoms with Crippen molar-refractivity contribution in [2.75, 3.05) is 18.4 Å². The number of hydrogen-bond acceptors (Lipinski definition) is 3. The van der Waals surface area contributed by atoms with Gasteiger partial charge in [0.2, 0.25) is 11.8 Å². The van der Waals surface area contributed by atoms with Gasteiger partial charge < -0.3 is 16.0 Å². The summed E-state index contributed by atoms with van der Waals surface area (Å²) in [4.78, 5) is 23.5. The highest BCUT2D eigenvalue weighted by atomic mass is 35.5. The molecular weight excluding hydrogens is 314 g/mol. The van der Waals surface area contributed by atoms with E-state index in [1.54, 1.807) is 0 Å². The first-order valence-corrected chi connectivity index (χ1v) is 8.07. The molecule has 0 atom stereocenters. The first-order valence-electron chi connectivity index (χ1n) is 8.07. The average Bonchev–Trinajstić information content (AvgIpc) is 3.35. The highest BCUT2D eigenvalue weighted by molar-refractivity contribution is 5.91. The van der Waals surface area contributed by atoms with Gasteiger partial charge >= 0.3 is 0 Å². The second-order valence-electron chi connectivity index (χ2n) is 5.65. The van der Waals surface area contributed by atoms with Crippen molar-refractivity contribution in [1.29, 1.82) is 0 Å². The molecule has 2 rings (SSSR count). The number of nitrogens with one attached hydrogen (secondary N) is 3. The molecule has 5 nitrogen and oxygen atoms in total. The molecule has 0 spiro atoms. The number of rotatable bonds is 9. The quantitative estimate of drug-likeness (QED) is 0.605. The number of anilines is 1. The van der Waals surface area contributed by atoms with E-state index in [1.807, 2.05) is 24.3 Å². The molecule has 0 bridgehead atoms. The molecule has 1 saturated carbocycles. The number of halogens is 1. The summed E-state index contributed by atoms with van der Waals surface area (Å²) >= 11 is 0. The first-order chi connectivity index (χ1) is 10.7. The van der Waals surface area contributed by atoms with Gasteiger partial charge in [-0.05, 0) is 37.4 Å². The Labute approximate surface area is 144 Å². The van der Waals surface area contributed by atoms with Crippen molar-refractivity contribution >= 4 is 29.9 Å². The molecule has 1 aliphatic carbocycles. The molecule has 0 aromatic heterocycles. The van der Waals surface area contributed by atoms with E-state index in [2.05, 4.69) is 22.9 Å². The lowest BCUT2D eigenvalue weighted by atomic mass is 10.1. The predicted octanol–water partition coefficient (Wildman–Crippen LogP) is 2.46. The van der Waals surface area contributed by atoms with Crippen molar-refractivity contribution in [3.63, 3.8) is 0 Å². The van der Waals surface area contributed by atoms with E-state index in [0.717, 1.165) is 37.2 Å². The fourth-order valence-corrected chi connectivity index (χ4v) is 2.22. The normalized spacial score (nSPS) is 13.1. The molecule has 6 heteroatoms. The first kappa shape index (κ1) is 19.5. The third-order valence-electron chi connectivity index (χ3n) is 3.68. The molecule has 0 saturated heterocycles. The maximum Gasteiger partial charge on any atom is 0.224 e. The molecule has 1 aliphatic rings.